The van der Waals surface area contributed by atoms with Crippen LogP contribution in [0.15, 0.2) is 0 Å². The smallest absolute Gasteiger partial charge is 0.0781 e. The van der Waals surface area contributed by atoms with Gasteiger partial charge in [-0.1, -0.05) is 150 Å². The number of hydrogen-bond donors (Lipinski definition) is 1. The van der Waals surface area contributed by atoms with Gasteiger partial charge in [-0.05, 0) is 37.5 Å². The van der Waals surface area contributed by atoms with Gasteiger partial charge in [0.15, 0.2) is 0 Å². The first-order chi connectivity index (χ1) is 15.3. The number of rotatable bonds is 24. The molecule has 2 heteroatoms. The minimum Gasteiger partial charge on any atom is -0.386 e. The third-order valence-electron chi connectivity index (χ3n) is 8.13. The fourth-order valence-corrected chi connectivity index (χ4v) is 5.95. The Hall–Kier alpha value is 0.390. The van der Waals surface area contributed by atoms with Crippen LogP contribution in [-0.4, -0.2) is 10.4 Å². The summed E-state index contributed by atoms with van der Waals surface area (Å²) in [5, 5.41) is 10.4. The Morgan fingerprint density at radius 1 is 0.531 bits per heavy atom. The molecule has 0 bridgehead atoms. The molecule has 0 aromatic heterocycles. The molecule has 3 unspecified atom stereocenters. The zero-order chi connectivity index (χ0) is 24.1. The monoisotopic (exact) mass is 470 g/mol. The third kappa shape index (κ3) is 16.1. The van der Waals surface area contributed by atoms with Crippen LogP contribution in [0.4, 0.5) is 0 Å². The normalized spacial score (nSPS) is 15.1. The standard InChI is InChI=1S/C30H63OP/c1-6-9-12-15-18-21-24-27-30(28(4)29(5,31)32,25-22-19-16-13-10-7-2)26-23-20-17-14-11-8-3/h28,31H,6-27,32H2,1-5H3. The Kier molecular flexibility index (Phi) is 21.0. The lowest BCUT2D eigenvalue weighted by molar-refractivity contribution is -0.00885. The van der Waals surface area contributed by atoms with E-state index < -0.39 is 5.34 Å². The Morgan fingerprint density at radius 2 is 0.781 bits per heavy atom. The van der Waals surface area contributed by atoms with Gasteiger partial charge in [0.05, 0.1) is 5.34 Å². The molecule has 0 aliphatic rings. The van der Waals surface area contributed by atoms with Crippen molar-refractivity contribution in [3.8, 4) is 0 Å². The molecule has 32 heavy (non-hydrogen) atoms. The molecule has 3 atom stereocenters. The third-order valence-corrected chi connectivity index (χ3v) is 8.63. The van der Waals surface area contributed by atoms with Crippen molar-refractivity contribution in [3.05, 3.63) is 0 Å². The predicted octanol–water partition coefficient (Wildman–Crippen LogP) is 10.8. The van der Waals surface area contributed by atoms with Gasteiger partial charge in [-0.15, -0.1) is 9.24 Å². The maximum atomic E-state index is 11.0. The molecule has 0 radical (unpaired) electrons. The predicted molar refractivity (Wildman–Crippen MR) is 151 cm³/mol. The van der Waals surface area contributed by atoms with Gasteiger partial charge in [-0.25, -0.2) is 0 Å². The summed E-state index contributed by atoms with van der Waals surface area (Å²) in [5.74, 6) is 0.339. The zero-order valence-corrected chi connectivity index (χ0v) is 24.3. The van der Waals surface area contributed by atoms with Crippen molar-refractivity contribution in [2.45, 2.75) is 181 Å². The van der Waals surface area contributed by atoms with E-state index >= 15 is 0 Å². The highest BCUT2D eigenvalue weighted by atomic mass is 31.0. The average molecular weight is 471 g/mol. The van der Waals surface area contributed by atoms with Gasteiger partial charge in [-0.3, -0.25) is 0 Å². The zero-order valence-electron chi connectivity index (χ0n) is 23.2. The van der Waals surface area contributed by atoms with Gasteiger partial charge in [0.2, 0.25) is 0 Å². The second-order valence-corrected chi connectivity index (χ2v) is 12.4. The lowest BCUT2D eigenvalue weighted by Crippen LogP contribution is -2.41. The highest BCUT2D eigenvalue weighted by molar-refractivity contribution is 7.18. The van der Waals surface area contributed by atoms with Crippen LogP contribution in [0.1, 0.15) is 176 Å². The fraction of sp³-hybridized carbons (Fsp3) is 1.00. The Morgan fingerprint density at radius 3 is 1.03 bits per heavy atom. The van der Waals surface area contributed by atoms with Crippen LogP contribution in [0.2, 0.25) is 0 Å². The van der Waals surface area contributed by atoms with Gasteiger partial charge in [0.25, 0.3) is 0 Å². The van der Waals surface area contributed by atoms with E-state index in [0.29, 0.717) is 11.3 Å². The van der Waals surface area contributed by atoms with Crippen LogP contribution in [0, 0.1) is 11.3 Å². The quantitative estimate of drug-likeness (QED) is 0.110. The topological polar surface area (TPSA) is 20.2 Å². The Balaban J connectivity index is 4.96. The van der Waals surface area contributed by atoms with Crippen molar-refractivity contribution in [2.24, 2.45) is 11.3 Å². The first-order valence-corrected chi connectivity index (χ1v) is 15.4. The minimum atomic E-state index is -0.661. The SMILES string of the molecule is CCCCCCCCCC(CCCCCCCC)(CCCCCCCC)C(C)C(C)(O)P. The van der Waals surface area contributed by atoms with Gasteiger partial charge in [0.1, 0.15) is 0 Å². The van der Waals surface area contributed by atoms with Crippen molar-refractivity contribution < 1.29 is 5.11 Å². The summed E-state index contributed by atoms with van der Waals surface area (Å²) in [4.78, 5) is 0. The summed E-state index contributed by atoms with van der Waals surface area (Å²) >= 11 is 0. The van der Waals surface area contributed by atoms with E-state index in [1.165, 1.54) is 141 Å². The van der Waals surface area contributed by atoms with E-state index in [1.807, 2.05) is 6.92 Å². The molecule has 0 aromatic carbocycles. The van der Waals surface area contributed by atoms with Crippen molar-refractivity contribution in [2.75, 3.05) is 0 Å². The van der Waals surface area contributed by atoms with Gasteiger partial charge in [-0.2, -0.15) is 0 Å². The van der Waals surface area contributed by atoms with Crippen molar-refractivity contribution in [3.63, 3.8) is 0 Å². The summed E-state index contributed by atoms with van der Waals surface area (Å²) in [7, 11) is 2.78. The van der Waals surface area contributed by atoms with Crippen molar-refractivity contribution >= 4 is 9.24 Å². The summed E-state index contributed by atoms with van der Waals surface area (Å²) in [6.07, 6.45) is 30.1. The second kappa shape index (κ2) is 20.7. The second-order valence-electron chi connectivity index (χ2n) is 11.2. The number of hydrogen-bond acceptors (Lipinski definition) is 1. The molecule has 0 saturated heterocycles. The van der Waals surface area contributed by atoms with E-state index in [-0.39, 0.29) is 0 Å². The van der Waals surface area contributed by atoms with Crippen LogP contribution in [-0.2, 0) is 0 Å². The number of unbranched alkanes of at least 4 members (excludes halogenated alkanes) is 16. The van der Waals surface area contributed by atoms with Crippen LogP contribution in [0.5, 0.6) is 0 Å². The molecule has 0 rings (SSSR count). The van der Waals surface area contributed by atoms with Gasteiger partial charge < -0.3 is 5.11 Å². The molecule has 0 aliphatic heterocycles. The summed E-state index contributed by atoms with van der Waals surface area (Å²) in [5.41, 5.74) is 0.310. The van der Waals surface area contributed by atoms with E-state index in [9.17, 15) is 5.11 Å². The summed E-state index contributed by atoms with van der Waals surface area (Å²) < 4.78 is 0. The van der Waals surface area contributed by atoms with Crippen LogP contribution < -0.4 is 0 Å². The number of aliphatic hydroxyl groups is 1. The molecular weight excluding hydrogens is 407 g/mol. The lowest BCUT2D eigenvalue weighted by atomic mass is 9.64. The summed E-state index contributed by atoms with van der Waals surface area (Å²) in [6.45, 7) is 11.3. The molecule has 1 nitrogen and oxygen atoms in total. The maximum absolute atomic E-state index is 11.0. The molecule has 0 saturated carbocycles. The largest absolute Gasteiger partial charge is 0.386 e. The first kappa shape index (κ1) is 32.4. The Bertz CT molecular complexity index is 371. The average Bonchev–Trinajstić information content (AvgIpc) is 2.76. The maximum Gasteiger partial charge on any atom is 0.0781 e. The Labute approximate surface area is 206 Å². The molecule has 0 spiro atoms. The van der Waals surface area contributed by atoms with E-state index in [1.54, 1.807) is 0 Å². The minimum absolute atomic E-state index is 0.310. The van der Waals surface area contributed by atoms with Crippen molar-refractivity contribution in [1.29, 1.82) is 0 Å². The van der Waals surface area contributed by atoms with Crippen LogP contribution in [0.3, 0.4) is 0 Å². The highest BCUT2D eigenvalue weighted by Gasteiger charge is 2.41. The van der Waals surface area contributed by atoms with Crippen LogP contribution in [0.25, 0.3) is 0 Å². The molecule has 194 valence electrons. The lowest BCUT2D eigenvalue weighted by Gasteiger charge is -2.45. The fourth-order valence-electron chi connectivity index (χ4n) is 5.59. The van der Waals surface area contributed by atoms with Crippen molar-refractivity contribution in [1.82, 2.24) is 0 Å². The van der Waals surface area contributed by atoms with Crippen LogP contribution >= 0.6 is 9.24 Å². The molecule has 1 N–H and O–H groups in total. The highest BCUT2D eigenvalue weighted by Crippen LogP contribution is 2.49. The van der Waals surface area contributed by atoms with Gasteiger partial charge >= 0.3 is 0 Å². The molecule has 0 aliphatic carbocycles. The van der Waals surface area contributed by atoms with Gasteiger partial charge in [0, 0.05) is 0 Å². The van der Waals surface area contributed by atoms with E-state index in [2.05, 4.69) is 36.9 Å². The molecule has 0 amide bonds. The van der Waals surface area contributed by atoms with E-state index in [0.717, 1.165) is 0 Å². The first-order valence-electron chi connectivity index (χ1n) is 14.8. The van der Waals surface area contributed by atoms with E-state index in [4.69, 9.17) is 0 Å². The molecular formula is C30H63OP. The molecule has 0 heterocycles. The molecule has 0 aromatic rings. The summed E-state index contributed by atoms with van der Waals surface area (Å²) in [6, 6.07) is 0. The molecule has 0 fully saturated rings.